The van der Waals surface area contributed by atoms with Crippen LogP contribution in [0.5, 0.6) is 11.5 Å². The molecule has 0 aliphatic heterocycles. The normalized spacial score (nSPS) is 16.7. The predicted molar refractivity (Wildman–Crippen MR) is 77.8 cm³/mol. The van der Waals surface area contributed by atoms with Crippen molar-refractivity contribution in [1.29, 1.82) is 0 Å². The molecule has 0 aromatic heterocycles. The standard InChI is InChI=1S/C14H19ClN2O2/c1-18-12-8-13(19-2)11(7-10(12)15)17-14(16)9-5-3-4-6-9/h7-9H,3-6H2,1-2H3,(H2,16,17). The highest BCUT2D eigenvalue weighted by Crippen LogP contribution is 2.38. The number of halogens is 1. The maximum absolute atomic E-state index is 6.11. The zero-order chi connectivity index (χ0) is 13.8. The Morgan fingerprint density at radius 2 is 1.84 bits per heavy atom. The molecule has 2 rings (SSSR count). The molecule has 1 saturated carbocycles. The van der Waals surface area contributed by atoms with Gasteiger partial charge in [-0.1, -0.05) is 24.4 Å². The molecule has 0 heterocycles. The summed E-state index contributed by atoms with van der Waals surface area (Å²) in [6, 6.07) is 3.45. The Hall–Kier alpha value is -1.42. The summed E-state index contributed by atoms with van der Waals surface area (Å²) in [5.74, 6) is 2.22. The van der Waals surface area contributed by atoms with Gasteiger partial charge in [-0.3, -0.25) is 0 Å². The van der Waals surface area contributed by atoms with Gasteiger partial charge in [0.2, 0.25) is 0 Å². The van der Waals surface area contributed by atoms with Crippen LogP contribution in [0, 0.1) is 5.92 Å². The van der Waals surface area contributed by atoms with Crippen molar-refractivity contribution in [3.8, 4) is 11.5 Å². The molecule has 0 radical (unpaired) electrons. The summed E-state index contributed by atoms with van der Waals surface area (Å²) < 4.78 is 10.5. The molecule has 5 heteroatoms. The van der Waals surface area contributed by atoms with E-state index in [4.69, 9.17) is 26.8 Å². The van der Waals surface area contributed by atoms with Gasteiger partial charge in [-0.2, -0.15) is 0 Å². The highest BCUT2D eigenvalue weighted by molar-refractivity contribution is 6.32. The third-order valence-corrected chi connectivity index (χ3v) is 3.77. The fraction of sp³-hybridized carbons (Fsp3) is 0.500. The topological polar surface area (TPSA) is 56.8 Å². The van der Waals surface area contributed by atoms with E-state index in [0.717, 1.165) is 12.8 Å². The van der Waals surface area contributed by atoms with E-state index in [1.54, 1.807) is 26.4 Å². The number of benzene rings is 1. The molecule has 1 aliphatic carbocycles. The molecule has 0 unspecified atom stereocenters. The number of hydrogen-bond acceptors (Lipinski definition) is 3. The summed E-state index contributed by atoms with van der Waals surface area (Å²) in [6.45, 7) is 0. The van der Waals surface area contributed by atoms with Gasteiger partial charge in [0.1, 0.15) is 23.0 Å². The summed E-state index contributed by atoms with van der Waals surface area (Å²) in [5.41, 5.74) is 6.73. The highest BCUT2D eigenvalue weighted by Gasteiger charge is 2.19. The molecule has 1 aromatic rings. The summed E-state index contributed by atoms with van der Waals surface area (Å²) in [7, 11) is 3.16. The minimum atomic E-state index is 0.380. The molecule has 1 fully saturated rings. The second-order valence-electron chi connectivity index (χ2n) is 4.68. The van der Waals surface area contributed by atoms with E-state index in [-0.39, 0.29) is 0 Å². The van der Waals surface area contributed by atoms with Crippen molar-refractivity contribution < 1.29 is 9.47 Å². The number of nitrogens with zero attached hydrogens (tertiary/aromatic N) is 1. The predicted octanol–water partition coefficient (Wildman–Crippen LogP) is 3.54. The van der Waals surface area contributed by atoms with Crippen LogP contribution in [0.4, 0.5) is 5.69 Å². The average Bonchev–Trinajstić information content (AvgIpc) is 2.93. The van der Waals surface area contributed by atoms with Gasteiger partial charge in [0.05, 0.1) is 19.2 Å². The van der Waals surface area contributed by atoms with Crippen molar-refractivity contribution in [1.82, 2.24) is 0 Å². The lowest BCUT2D eigenvalue weighted by Gasteiger charge is -2.12. The van der Waals surface area contributed by atoms with Gasteiger partial charge in [0.25, 0.3) is 0 Å². The van der Waals surface area contributed by atoms with E-state index in [1.165, 1.54) is 12.8 Å². The van der Waals surface area contributed by atoms with Crippen molar-refractivity contribution in [2.45, 2.75) is 25.7 Å². The third-order valence-electron chi connectivity index (χ3n) is 3.48. The Morgan fingerprint density at radius 3 is 2.42 bits per heavy atom. The molecule has 19 heavy (non-hydrogen) atoms. The summed E-state index contributed by atoms with van der Waals surface area (Å²) in [5, 5.41) is 0.501. The van der Waals surface area contributed by atoms with Crippen LogP contribution >= 0.6 is 11.6 Å². The first kappa shape index (κ1) is 14.0. The number of rotatable bonds is 4. The highest BCUT2D eigenvalue weighted by atomic mass is 35.5. The third kappa shape index (κ3) is 3.13. The van der Waals surface area contributed by atoms with Gasteiger partial charge in [-0.05, 0) is 18.9 Å². The Morgan fingerprint density at radius 1 is 1.21 bits per heavy atom. The van der Waals surface area contributed by atoms with Gasteiger partial charge >= 0.3 is 0 Å². The number of aliphatic imine (C=N–C) groups is 1. The lowest BCUT2D eigenvalue weighted by molar-refractivity contribution is 0.395. The minimum absolute atomic E-state index is 0.380. The van der Waals surface area contributed by atoms with Crippen LogP contribution in [0.25, 0.3) is 0 Å². The summed E-state index contributed by atoms with van der Waals surface area (Å²) in [6.07, 6.45) is 4.67. The Labute approximate surface area is 118 Å². The van der Waals surface area contributed by atoms with E-state index in [9.17, 15) is 0 Å². The van der Waals surface area contributed by atoms with Crippen LogP contribution in [0.2, 0.25) is 5.02 Å². The van der Waals surface area contributed by atoms with Gasteiger partial charge in [0, 0.05) is 12.0 Å². The molecule has 0 spiro atoms. The van der Waals surface area contributed by atoms with Crippen molar-refractivity contribution in [3.05, 3.63) is 17.2 Å². The van der Waals surface area contributed by atoms with E-state index >= 15 is 0 Å². The van der Waals surface area contributed by atoms with Crippen LogP contribution in [0.1, 0.15) is 25.7 Å². The monoisotopic (exact) mass is 282 g/mol. The lowest BCUT2D eigenvalue weighted by Crippen LogP contribution is -2.20. The number of methoxy groups -OCH3 is 2. The number of ether oxygens (including phenoxy) is 2. The average molecular weight is 283 g/mol. The fourth-order valence-electron chi connectivity index (χ4n) is 2.38. The molecule has 0 amide bonds. The van der Waals surface area contributed by atoms with Gasteiger partial charge in [0.15, 0.2) is 0 Å². The van der Waals surface area contributed by atoms with Crippen LogP contribution < -0.4 is 15.2 Å². The van der Waals surface area contributed by atoms with Gasteiger partial charge < -0.3 is 15.2 Å². The molecule has 104 valence electrons. The molecule has 0 atom stereocenters. The zero-order valence-electron chi connectivity index (χ0n) is 11.3. The van der Waals surface area contributed by atoms with E-state index in [1.807, 2.05) is 0 Å². The molecular formula is C14H19ClN2O2. The summed E-state index contributed by atoms with van der Waals surface area (Å²) in [4.78, 5) is 4.48. The van der Waals surface area contributed by atoms with E-state index < -0.39 is 0 Å². The smallest absolute Gasteiger partial charge is 0.148 e. The molecular weight excluding hydrogens is 264 g/mol. The van der Waals surface area contributed by atoms with Crippen LogP contribution in [0.15, 0.2) is 17.1 Å². The Bertz CT molecular complexity index is 483. The zero-order valence-corrected chi connectivity index (χ0v) is 12.0. The van der Waals surface area contributed by atoms with Crippen LogP contribution in [-0.4, -0.2) is 20.1 Å². The van der Waals surface area contributed by atoms with Gasteiger partial charge in [-0.25, -0.2) is 4.99 Å². The largest absolute Gasteiger partial charge is 0.495 e. The molecule has 0 saturated heterocycles. The molecule has 2 N–H and O–H groups in total. The van der Waals surface area contributed by atoms with Crippen molar-refractivity contribution in [2.75, 3.05) is 14.2 Å². The summed E-state index contributed by atoms with van der Waals surface area (Å²) >= 11 is 6.11. The van der Waals surface area contributed by atoms with Crippen molar-refractivity contribution >= 4 is 23.1 Å². The first-order valence-corrected chi connectivity index (χ1v) is 6.79. The second-order valence-corrected chi connectivity index (χ2v) is 5.08. The molecule has 4 nitrogen and oxygen atoms in total. The maximum Gasteiger partial charge on any atom is 0.148 e. The first-order chi connectivity index (χ1) is 9.15. The Balaban J connectivity index is 2.32. The van der Waals surface area contributed by atoms with Crippen LogP contribution in [0.3, 0.4) is 0 Å². The lowest BCUT2D eigenvalue weighted by atomic mass is 10.1. The SMILES string of the molecule is COc1cc(OC)c(N=C(N)C2CCCC2)cc1Cl. The van der Waals surface area contributed by atoms with E-state index in [0.29, 0.717) is 34.0 Å². The molecule has 1 aromatic carbocycles. The molecule has 0 bridgehead atoms. The number of nitrogens with two attached hydrogens (primary N) is 1. The fourth-order valence-corrected chi connectivity index (χ4v) is 2.62. The van der Waals surface area contributed by atoms with Crippen molar-refractivity contribution in [2.24, 2.45) is 16.6 Å². The number of hydrogen-bond donors (Lipinski definition) is 1. The molecule has 1 aliphatic rings. The maximum atomic E-state index is 6.11. The first-order valence-electron chi connectivity index (χ1n) is 6.41. The Kier molecular flexibility index (Phi) is 4.53. The minimum Gasteiger partial charge on any atom is -0.495 e. The van der Waals surface area contributed by atoms with Gasteiger partial charge in [-0.15, -0.1) is 0 Å². The van der Waals surface area contributed by atoms with E-state index in [2.05, 4.69) is 4.99 Å². The number of amidine groups is 1. The quantitative estimate of drug-likeness (QED) is 0.679. The van der Waals surface area contributed by atoms with Crippen LogP contribution in [-0.2, 0) is 0 Å². The second kappa shape index (κ2) is 6.15. The van der Waals surface area contributed by atoms with Crippen molar-refractivity contribution in [3.63, 3.8) is 0 Å².